The zero-order valence-corrected chi connectivity index (χ0v) is 11.1. The number of aromatic nitrogens is 1. The number of thiazole rings is 1. The van der Waals surface area contributed by atoms with Crippen LogP contribution in [-0.4, -0.2) is 37.2 Å². The van der Waals surface area contributed by atoms with E-state index >= 15 is 0 Å². The number of ether oxygens (including phenoxy) is 1. The molecule has 1 aromatic heterocycles. The van der Waals surface area contributed by atoms with Gasteiger partial charge in [0.15, 0.2) is 5.13 Å². The van der Waals surface area contributed by atoms with Crippen LogP contribution in [0.5, 0.6) is 0 Å². The topological polar surface area (TPSA) is 89.3 Å². The normalized spacial score (nSPS) is 12.2. The van der Waals surface area contributed by atoms with Gasteiger partial charge in [-0.2, -0.15) is 0 Å². The van der Waals surface area contributed by atoms with Gasteiger partial charge >= 0.3 is 0 Å². The largest absolute Gasteiger partial charge is 0.382 e. The Bertz CT molecular complexity index is 380. The highest BCUT2D eigenvalue weighted by Crippen LogP contribution is 2.24. The Morgan fingerprint density at radius 1 is 1.65 bits per heavy atom. The number of rotatable bonds is 6. The Kier molecular flexibility index (Phi) is 5.17. The molecule has 1 unspecified atom stereocenters. The molecule has 1 heterocycles. The van der Waals surface area contributed by atoms with E-state index in [2.05, 4.69) is 15.6 Å². The van der Waals surface area contributed by atoms with E-state index in [9.17, 15) is 4.79 Å². The van der Waals surface area contributed by atoms with E-state index in [0.717, 1.165) is 0 Å². The van der Waals surface area contributed by atoms with E-state index in [0.29, 0.717) is 23.2 Å². The van der Waals surface area contributed by atoms with Gasteiger partial charge in [-0.1, -0.05) is 11.3 Å². The first-order valence-corrected chi connectivity index (χ1v) is 6.24. The number of nitrogens with zero attached hydrogens (tertiary/aromatic N) is 1. The van der Waals surface area contributed by atoms with Crippen LogP contribution in [0, 0.1) is 0 Å². The zero-order valence-electron chi connectivity index (χ0n) is 10.2. The van der Waals surface area contributed by atoms with E-state index in [4.69, 9.17) is 10.5 Å². The second kappa shape index (κ2) is 6.41. The molecule has 6 nitrogen and oxygen atoms in total. The highest BCUT2D eigenvalue weighted by molar-refractivity contribution is 7.18. The first kappa shape index (κ1) is 13.7. The van der Waals surface area contributed by atoms with Crippen molar-refractivity contribution < 1.29 is 9.53 Å². The third-order valence-corrected chi connectivity index (χ3v) is 3.16. The van der Waals surface area contributed by atoms with Crippen LogP contribution in [0.3, 0.4) is 0 Å². The van der Waals surface area contributed by atoms with Gasteiger partial charge in [0.1, 0.15) is 10.7 Å². The van der Waals surface area contributed by atoms with E-state index in [1.807, 2.05) is 13.8 Å². The number of nitrogen functional groups attached to an aromatic ring is 1. The maximum Gasteiger partial charge on any atom is 0.265 e. The molecule has 4 N–H and O–H groups in total. The van der Waals surface area contributed by atoms with Gasteiger partial charge in [-0.05, 0) is 13.8 Å². The minimum atomic E-state index is -0.215. The molecule has 17 heavy (non-hydrogen) atoms. The summed E-state index contributed by atoms with van der Waals surface area (Å²) < 4.78 is 5.31. The fraction of sp³-hybridized carbons (Fsp3) is 0.600. The van der Waals surface area contributed by atoms with Crippen molar-refractivity contribution in [2.24, 2.45) is 0 Å². The molecule has 1 amide bonds. The van der Waals surface area contributed by atoms with Crippen LogP contribution in [0.1, 0.15) is 23.5 Å². The maximum atomic E-state index is 11.8. The van der Waals surface area contributed by atoms with Crippen LogP contribution >= 0.6 is 11.3 Å². The molecule has 96 valence electrons. The molecular formula is C10H18N4O2S. The average Bonchev–Trinajstić information content (AvgIpc) is 2.68. The molecule has 0 spiro atoms. The summed E-state index contributed by atoms with van der Waals surface area (Å²) in [7, 11) is 1.73. The monoisotopic (exact) mass is 258 g/mol. The zero-order chi connectivity index (χ0) is 12.8. The van der Waals surface area contributed by atoms with Crippen molar-refractivity contribution in [1.82, 2.24) is 10.3 Å². The lowest BCUT2D eigenvalue weighted by Crippen LogP contribution is -2.32. The van der Waals surface area contributed by atoms with Gasteiger partial charge in [0.2, 0.25) is 0 Å². The Hall–Kier alpha value is -1.34. The minimum Gasteiger partial charge on any atom is -0.382 e. The van der Waals surface area contributed by atoms with Gasteiger partial charge in [-0.3, -0.25) is 4.79 Å². The van der Waals surface area contributed by atoms with Crippen molar-refractivity contribution in [2.75, 3.05) is 31.2 Å². The Balaban J connectivity index is 2.54. The number of anilines is 2. The van der Waals surface area contributed by atoms with Crippen molar-refractivity contribution in [3.05, 3.63) is 4.88 Å². The van der Waals surface area contributed by atoms with Crippen LogP contribution in [0.25, 0.3) is 0 Å². The fourth-order valence-corrected chi connectivity index (χ4v) is 2.02. The van der Waals surface area contributed by atoms with Crippen molar-refractivity contribution in [2.45, 2.75) is 20.0 Å². The maximum absolute atomic E-state index is 11.8. The van der Waals surface area contributed by atoms with Crippen LogP contribution < -0.4 is 16.4 Å². The number of hydrogen-bond donors (Lipinski definition) is 3. The standard InChI is InChI=1S/C10H18N4O2S/c1-4-16-6(2)5-13-9(15)7-8(11)14-10(12-3)17-7/h6H,4-5,11H2,1-3H3,(H,12,14)(H,13,15). The van der Waals surface area contributed by atoms with Crippen LogP contribution in [-0.2, 0) is 4.74 Å². The summed E-state index contributed by atoms with van der Waals surface area (Å²) in [5.74, 6) is 0.0361. The smallest absolute Gasteiger partial charge is 0.265 e. The van der Waals surface area contributed by atoms with E-state index in [-0.39, 0.29) is 17.8 Å². The number of hydrogen-bond acceptors (Lipinski definition) is 6. The number of nitrogens with two attached hydrogens (primary N) is 1. The molecule has 0 saturated carbocycles. The van der Waals surface area contributed by atoms with Crippen LogP contribution in [0.15, 0.2) is 0 Å². The van der Waals surface area contributed by atoms with Crippen LogP contribution in [0.4, 0.5) is 10.9 Å². The quantitative estimate of drug-likeness (QED) is 0.706. The third kappa shape index (κ3) is 3.86. The highest BCUT2D eigenvalue weighted by Gasteiger charge is 2.16. The molecule has 0 aliphatic heterocycles. The summed E-state index contributed by atoms with van der Waals surface area (Å²) in [6.45, 7) is 4.90. The van der Waals surface area contributed by atoms with Crippen LogP contribution in [0.2, 0.25) is 0 Å². The number of carbonyl (C=O) groups is 1. The molecule has 0 radical (unpaired) electrons. The molecule has 0 saturated heterocycles. The number of amides is 1. The molecule has 0 bridgehead atoms. The predicted molar refractivity (Wildman–Crippen MR) is 69.5 cm³/mol. The molecule has 1 rings (SSSR count). The van der Waals surface area contributed by atoms with Gasteiger partial charge in [-0.15, -0.1) is 0 Å². The summed E-state index contributed by atoms with van der Waals surface area (Å²) in [4.78, 5) is 16.2. The number of nitrogens with one attached hydrogen (secondary N) is 2. The first-order valence-electron chi connectivity index (χ1n) is 5.42. The Morgan fingerprint density at radius 2 is 2.35 bits per heavy atom. The molecule has 0 fully saturated rings. The van der Waals surface area contributed by atoms with Gasteiger partial charge in [0.05, 0.1) is 6.10 Å². The van der Waals surface area contributed by atoms with Crippen molar-refractivity contribution >= 4 is 28.2 Å². The molecule has 7 heteroatoms. The molecule has 0 aliphatic carbocycles. The first-order chi connectivity index (χ1) is 8.08. The lowest BCUT2D eigenvalue weighted by atomic mass is 10.4. The molecule has 0 aliphatic rings. The van der Waals surface area contributed by atoms with E-state index in [1.165, 1.54) is 11.3 Å². The molecular weight excluding hydrogens is 240 g/mol. The molecule has 1 aromatic rings. The third-order valence-electron chi connectivity index (χ3n) is 2.07. The lowest BCUT2D eigenvalue weighted by molar-refractivity contribution is 0.0697. The van der Waals surface area contributed by atoms with Gasteiger partial charge in [-0.25, -0.2) is 4.98 Å². The van der Waals surface area contributed by atoms with Crippen molar-refractivity contribution in [3.8, 4) is 0 Å². The Labute approximate surface area is 105 Å². The fourth-order valence-electron chi connectivity index (χ4n) is 1.26. The summed E-state index contributed by atoms with van der Waals surface area (Å²) in [5, 5.41) is 6.24. The van der Waals surface area contributed by atoms with Gasteiger partial charge in [0.25, 0.3) is 5.91 Å². The average molecular weight is 258 g/mol. The summed E-state index contributed by atoms with van der Waals surface area (Å²) >= 11 is 1.23. The second-order valence-electron chi connectivity index (χ2n) is 3.46. The lowest BCUT2D eigenvalue weighted by Gasteiger charge is -2.11. The van der Waals surface area contributed by atoms with Gasteiger partial charge in [0, 0.05) is 20.2 Å². The SMILES string of the molecule is CCOC(C)CNC(=O)c1sc(NC)nc1N. The Morgan fingerprint density at radius 3 is 2.88 bits per heavy atom. The minimum absolute atomic E-state index is 0.0122. The summed E-state index contributed by atoms with van der Waals surface area (Å²) in [6.07, 6.45) is -0.0122. The van der Waals surface area contributed by atoms with Gasteiger partial charge < -0.3 is 21.1 Å². The molecule has 0 aromatic carbocycles. The molecule has 1 atom stereocenters. The predicted octanol–water partition coefficient (Wildman–Crippen LogP) is 0.922. The van der Waals surface area contributed by atoms with Crippen molar-refractivity contribution in [3.63, 3.8) is 0 Å². The number of carbonyl (C=O) groups excluding carboxylic acids is 1. The van der Waals surface area contributed by atoms with Crippen molar-refractivity contribution in [1.29, 1.82) is 0 Å². The second-order valence-corrected chi connectivity index (χ2v) is 4.46. The summed E-state index contributed by atoms with van der Waals surface area (Å²) in [6, 6.07) is 0. The van der Waals surface area contributed by atoms with E-state index in [1.54, 1.807) is 7.05 Å². The van der Waals surface area contributed by atoms with E-state index < -0.39 is 0 Å². The summed E-state index contributed by atoms with van der Waals surface area (Å²) in [5.41, 5.74) is 5.65. The highest BCUT2D eigenvalue weighted by atomic mass is 32.1.